The molecule has 0 fully saturated rings. The summed E-state index contributed by atoms with van der Waals surface area (Å²) >= 11 is 6.15. The van der Waals surface area contributed by atoms with Crippen LogP contribution in [0.3, 0.4) is 0 Å². The van der Waals surface area contributed by atoms with Crippen molar-refractivity contribution in [1.29, 1.82) is 0 Å². The molecule has 0 radical (unpaired) electrons. The Morgan fingerprint density at radius 2 is 1.82 bits per heavy atom. The van der Waals surface area contributed by atoms with Crippen LogP contribution in [0.5, 0.6) is 0 Å². The number of ketones is 1. The highest BCUT2D eigenvalue weighted by Crippen LogP contribution is 2.38. The first kappa shape index (κ1) is 18.3. The monoisotopic (exact) mass is 399 g/mol. The van der Waals surface area contributed by atoms with Gasteiger partial charge in [0.2, 0.25) is 0 Å². The summed E-state index contributed by atoms with van der Waals surface area (Å²) in [5.41, 5.74) is 2.67. The van der Waals surface area contributed by atoms with Crippen LogP contribution in [-0.4, -0.2) is 26.5 Å². The van der Waals surface area contributed by atoms with Crippen molar-refractivity contribution in [3.05, 3.63) is 75.7 Å². The molecular formula is C21H15ClFNO4. The minimum Gasteiger partial charge on any atom is -0.505 e. The van der Waals surface area contributed by atoms with Crippen molar-refractivity contribution >= 4 is 40.0 Å². The van der Waals surface area contributed by atoms with Gasteiger partial charge in [0, 0.05) is 22.5 Å². The number of hydrogen-bond acceptors (Lipinski definition) is 3. The molecule has 5 nitrogen and oxygen atoms in total. The van der Waals surface area contributed by atoms with Crippen LogP contribution in [0.25, 0.3) is 16.7 Å². The Morgan fingerprint density at radius 3 is 2.50 bits per heavy atom. The summed E-state index contributed by atoms with van der Waals surface area (Å²) in [7, 11) is 0. The molecular weight excluding hydrogens is 385 g/mol. The van der Waals surface area contributed by atoms with E-state index in [0.29, 0.717) is 23.7 Å². The maximum absolute atomic E-state index is 13.3. The van der Waals surface area contributed by atoms with Crippen LogP contribution in [0.1, 0.15) is 23.2 Å². The lowest BCUT2D eigenvalue weighted by Crippen LogP contribution is -2.21. The van der Waals surface area contributed by atoms with Crippen LogP contribution in [0.15, 0.2) is 48.0 Å². The molecule has 0 amide bonds. The Labute approximate surface area is 164 Å². The second-order valence-corrected chi connectivity index (χ2v) is 7.10. The highest BCUT2D eigenvalue weighted by atomic mass is 35.5. The first-order chi connectivity index (χ1) is 13.4. The quantitative estimate of drug-likeness (QED) is 0.639. The minimum absolute atomic E-state index is 0.116. The number of nitrogens with zero attached hydrogens (tertiary/aromatic N) is 1. The fraction of sp³-hybridized carbons (Fsp3) is 0.143. The molecule has 0 aliphatic heterocycles. The van der Waals surface area contributed by atoms with Crippen LogP contribution in [0, 0.1) is 5.82 Å². The Hall–Kier alpha value is -3.12. The van der Waals surface area contributed by atoms with E-state index in [1.54, 1.807) is 28.8 Å². The SMILES string of the molecule is O=C(O)C(=O)C1=C(O)c2c(c3cc(Cl)ccc3n2Cc2ccc(F)cc2)CC1. The van der Waals surface area contributed by atoms with Gasteiger partial charge in [-0.15, -0.1) is 0 Å². The third-order valence-electron chi connectivity index (χ3n) is 4.99. The standard InChI is InChI=1S/C21H15ClFNO4/c22-12-3-8-17-16(9-12)14-6-7-15(20(26)21(27)28)19(25)18(14)24(17)10-11-1-4-13(23)5-2-11/h1-5,8-9,25H,6-7,10H2,(H,27,28). The van der Waals surface area contributed by atoms with Gasteiger partial charge in [0.15, 0.2) is 0 Å². The van der Waals surface area contributed by atoms with Gasteiger partial charge in [-0.05, 0) is 54.3 Å². The molecule has 0 spiro atoms. The van der Waals surface area contributed by atoms with Gasteiger partial charge < -0.3 is 14.8 Å². The van der Waals surface area contributed by atoms with Crippen molar-refractivity contribution in [1.82, 2.24) is 4.57 Å². The molecule has 7 heteroatoms. The second-order valence-electron chi connectivity index (χ2n) is 6.66. The summed E-state index contributed by atoms with van der Waals surface area (Å²) in [6.07, 6.45) is 0.535. The molecule has 3 aromatic rings. The van der Waals surface area contributed by atoms with Gasteiger partial charge in [0.25, 0.3) is 5.78 Å². The van der Waals surface area contributed by atoms with Crippen molar-refractivity contribution in [2.45, 2.75) is 19.4 Å². The highest BCUT2D eigenvalue weighted by molar-refractivity contribution is 6.41. The number of rotatable bonds is 4. The smallest absolute Gasteiger partial charge is 0.377 e. The molecule has 1 aliphatic rings. The summed E-state index contributed by atoms with van der Waals surface area (Å²) < 4.78 is 15.1. The highest BCUT2D eigenvalue weighted by Gasteiger charge is 2.31. The molecule has 28 heavy (non-hydrogen) atoms. The van der Waals surface area contributed by atoms with Gasteiger partial charge in [0.1, 0.15) is 11.6 Å². The van der Waals surface area contributed by atoms with E-state index in [2.05, 4.69) is 0 Å². The van der Waals surface area contributed by atoms with Crippen molar-refractivity contribution in [2.75, 3.05) is 0 Å². The number of aliphatic hydroxyl groups is 1. The second kappa shape index (κ2) is 6.80. The van der Waals surface area contributed by atoms with Crippen LogP contribution in [0.2, 0.25) is 5.02 Å². The Morgan fingerprint density at radius 1 is 1.11 bits per heavy atom. The number of benzene rings is 2. The maximum atomic E-state index is 13.3. The van der Waals surface area contributed by atoms with Crippen molar-refractivity contribution in [2.24, 2.45) is 0 Å². The Kier molecular flexibility index (Phi) is 4.43. The first-order valence-electron chi connectivity index (χ1n) is 8.62. The normalized spacial score (nSPS) is 13.6. The van der Waals surface area contributed by atoms with E-state index in [0.717, 1.165) is 22.0 Å². The number of carboxylic acid groups (broad SMARTS) is 1. The minimum atomic E-state index is -1.60. The number of fused-ring (bicyclic) bond motifs is 3. The van der Waals surface area contributed by atoms with Crippen molar-refractivity contribution in [3.63, 3.8) is 0 Å². The number of carboxylic acids is 1. The van der Waals surface area contributed by atoms with Gasteiger partial charge in [-0.25, -0.2) is 9.18 Å². The molecule has 0 saturated carbocycles. The Bertz CT molecular complexity index is 1160. The fourth-order valence-electron chi connectivity index (χ4n) is 3.72. The largest absolute Gasteiger partial charge is 0.505 e. The zero-order valence-electron chi connectivity index (χ0n) is 14.6. The molecule has 1 heterocycles. The van der Waals surface area contributed by atoms with E-state index in [4.69, 9.17) is 16.7 Å². The predicted octanol–water partition coefficient (Wildman–Crippen LogP) is 4.35. The summed E-state index contributed by atoms with van der Waals surface area (Å²) in [6, 6.07) is 11.3. The number of aryl methyl sites for hydroxylation is 1. The number of carbonyl (C=O) groups excluding carboxylic acids is 1. The lowest BCUT2D eigenvalue weighted by atomic mass is 9.91. The van der Waals surface area contributed by atoms with E-state index < -0.39 is 11.8 Å². The summed E-state index contributed by atoms with van der Waals surface area (Å²) in [5, 5.41) is 21.2. The van der Waals surface area contributed by atoms with Crippen molar-refractivity contribution in [3.8, 4) is 0 Å². The average molecular weight is 400 g/mol. The van der Waals surface area contributed by atoms with Gasteiger partial charge >= 0.3 is 5.97 Å². The van der Waals surface area contributed by atoms with Crippen LogP contribution >= 0.6 is 11.6 Å². The van der Waals surface area contributed by atoms with Crippen molar-refractivity contribution < 1.29 is 24.2 Å². The number of aliphatic carboxylic acids is 1. The number of halogens is 2. The summed E-state index contributed by atoms with van der Waals surface area (Å²) in [6.45, 7) is 0.312. The zero-order valence-corrected chi connectivity index (χ0v) is 15.3. The molecule has 0 atom stereocenters. The lowest BCUT2D eigenvalue weighted by molar-refractivity contribution is -0.147. The molecule has 0 saturated heterocycles. The fourth-order valence-corrected chi connectivity index (χ4v) is 3.89. The third-order valence-corrected chi connectivity index (χ3v) is 5.22. The molecule has 142 valence electrons. The van der Waals surface area contributed by atoms with E-state index in [9.17, 15) is 19.1 Å². The number of aromatic nitrogens is 1. The van der Waals surface area contributed by atoms with E-state index >= 15 is 0 Å². The number of hydrogen-bond donors (Lipinski definition) is 2. The van der Waals surface area contributed by atoms with Gasteiger partial charge in [-0.2, -0.15) is 0 Å². The number of Topliss-reactive ketones (excluding diaryl/α,β-unsaturated/α-hetero) is 1. The predicted molar refractivity (Wildman–Crippen MR) is 103 cm³/mol. The van der Waals surface area contributed by atoms with Gasteiger partial charge in [-0.3, -0.25) is 4.79 Å². The third kappa shape index (κ3) is 2.96. The summed E-state index contributed by atoms with van der Waals surface area (Å²) in [5.74, 6) is -3.40. The van der Waals surface area contributed by atoms with E-state index in [1.807, 2.05) is 6.07 Å². The molecule has 0 unspecified atom stereocenters. The van der Waals surface area contributed by atoms with Crippen LogP contribution in [-0.2, 0) is 22.6 Å². The lowest BCUT2D eigenvalue weighted by Gasteiger charge is -2.18. The number of aliphatic hydroxyl groups excluding tert-OH is 1. The van der Waals surface area contributed by atoms with E-state index in [1.165, 1.54) is 12.1 Å². The van der Waals surface area contributed by atoms with Gasteiger partial charge in [0.05, 0.1) is 11.3 Å². The zero-order chi connectivity index (χ0) is 20.0. The molecule has 4 rings (SSSR count). The molecule has 1 aromatic heterocycles. The topological polar surface area (TPSA) is 79.5 Å². The number of carbonyl (C=O) groups is 2. The maximum Gasteiger partial charge on any atom is 0.377 e. The first-order valence-corrected chi connectivity index (χ1v) is 8.99. The summed E-state index contributed by atoms with van der Waals surface area (Å²) in [4.78, 5) is 23.1. The average Bonchev–Trinajstić information content (AvgIpc) is 2.97. The van der Waals surface area contributed by atoms with Crippen LogP contribution in [0.4, 0.5) is 4.39 Å². The molecule has 2 N–H and O–H groups in total. The van der Waals surface area contributed by atoms with Gasteiger partial charge in [-0.1, -0.05) is 23.7 Å². The molecule has 0 bridgehead atoms. The van der Waals surface area contributed by atoms with E-state index in [-0.39, 0.29) is 23.6 Å². The molecule has 2 aromatic carbocycles. The van der Waals surface area contributed by atoms with Crippen LogP contribution < -0.4 is 0 Å². The molecule has 1 aliphatic carbocycles. The Balaban J connectivity index is 1.95.